The van der Waals surface area contributed by atoms with Gasteiger partial charge in [0.25, 0.3) is 11.8 Å². The first kappa shape index (κ1) is 24.7. The topological polar surface area (TPSA) is 116 Å². The highest BCUT2D eigenvalue weighted by Crippen LogP contribution is 2.23. The van der Waals surface area contributed by atoms with Crippen LogP contribution in [-0.4, -0.2) is 87.5 Å². The second kappa shape index (κ2) is 10.4. The third-order valence-electron chi connectivity index (χ3n) is 6.15. The van der Waals surface area contributed by atoms with E-state index in [1.165, 1.54) is 4.31 Å². The fraction of sp³-hybridized carbons (Fsp3) is 0.375. The van der Waals surface area contributed by atoms with Crippen LogP contribution in [-0.2, 0) is 14.8 Å². The number of ether oxygens (including phenoxy) is 1. The summed E-state index contributed by atoms with van der Waals surface area (Å²) in [6.45, 7) is 1.69. The van der Waals surface area contributed by atoms with Crippen LogP contribution in [0.2, 0.25) is 0 Å². The molecule has 0 bridgehead atoms. The highest BCUT2D eigenvalue weighted by Gasteiger charge is 2.36. The highest BCUT2D eigenvalue weighted by atomic mass is 32.2. The lowest BCUT2D eigenvalue weighted by atomic mass is 10.1. The Kier molecular flexibility index (Phi) is 7.37. The standard InChI is InChI=1S/C24H28N4O6S/c1-34-19-9-7-18(8-10-19)26-12-14-27(15-13-26)35(32,33)16-4-11-25-22(29)17-28-23(30)20-5-2-3-6-21(20)24(28)31/h2-3,5-10H,4,11-17H2,1H3,(H,25,29). The number of sulfonamides is 1. The van der Waals surface area contributed by atoms with Gasteiger partial charge in [0, 0.05) is 38.4 Å². The molecule has 1 N–H and O–H groups in total. The Hall–Kier alpha value is -3.44. The van der Waals surface area contributed by atoms with E-state index in [4.69, 9.17) is 4.74 Å². The van der Waals surface area contributed by atoms with Gasteiger partial charge in [-0.05, 0) is 42.8 Å². The van der Waals surface area contributed by atoms with Gasteiger partial charge in [0.2, 0.25) is 15.9 Å². The van der Waals surface area contributed by atoms with Crippen molar-refractivity contribution >= 4 is 33.4 Å². The lowest BCUT2D eigenvalue weighted by Gasteiger charge is -2.35. The lowest BCUT2D eigenvalue weighted by Crippen LogP contribution is -2.49. The van der Waals surface area contributed by atoms with Crippen LogP contribution in [0, 0.1) is 0 Å². The van der Waals surface area contributed by atoms with E-state index >= 15 is 0 Å². The molecule has 1 fully saturated rings. The van der Waals surface area contributed by atoms with Gasteiger partial charge in [-0.15, -0.1) is 0 Å². The molecule has 0 radical (unpaired) electrons. The number of fused-ring (bicyclic) bond motifs is 1. The number of hydrogen-bond donors (Lipinski definition) is 1. The van der Waals surface area contributed by atoms with Crippen molar-refractivity contribution in [1.29, 1.82) is 0 Å². The number of carbonyl (C=O) groups excluding carboxylic acids is 3. The zero-order chi connectivity index (χ0) is 25.0. The number of nitrogens with one attached hydrogen (secondary N) is 1. The van der Waals surface area contributed by atoms with Crippen molar-refractivity contribution in [3.05, 3.63) is 59.7 Å². The van der Waals surface area contributed by atoms with Crippen molar-refractivity contribution in [2.24, 2.45) is 0 Å². The molecule has 2 heterocycles. The number of benzene rings is 2. The molecule has 4 rings (SSSR count). The number of hydrogen-bond acceptors (Lipinski definition) is 7. The fourth-order valence-corrected chi connectivity index (χ4v) is 5.70. The summed E-state index contributed by atoms with van der Waals surface area (Å²) >= 11 is 0. The van der Waals surface area contributed by atoms with Crippen LogP contribution in [0.1, 0.15) is 27.1 Å². The van der Waals surface area contributed by atoms with Crippen LogP contribution in [0.5, 0.6) is 5.75 Å². The second-order valence-electron chi connectivity index (χ2n) is 8.35. The predicted octanol–water partition coefficient (Wildman–Crippen LogP) is 0.950. The Bertz CT molecular complexity index is 1170. The Morgan fingerprint density at radius 2 is 1.54 bits per heavy atom. The number of carbonyl (C=O) groups is 3. The van der Waals surface area contributed by atoms with E-state index in [9.17, 15) is 22.8 Å². The van der Waals surface area contributed by atoms with Crippen molar-refractivity contribution in [1.82, 2.24) is 14.5 Å². The van der Waals surface area contributed by atoms with Crippen molar-refractivity contribution in [3.63, 3.8) is 0 Å². The molecule has 2 aliphatic heterocycles. The SMILES string of the molecule is COc1ccc(N2CCN(S(=O)(=O)CCCNC(=O)CN3C(=O)c4ccccc4C3=O)CC2)cc1. The normalized spacial score (nSPS) is 16.4. The molecule has 2 aromatic rings. The fourth-order valence-electron chi connectivity index (χ4n) is 4.21. The molecular weight excluding hydrogens is 472 g/mol. The van der Waals surface area contributed by atoms with Gasteiger partial charge in [-0.2, -0.15) is 4.31 Å². The van der Waals surface area contributed by atoms with Crippen LogP contribution in [0.4, 0.5) is 5.69 Å². The number of amides is 3. The van der Waals surface area contributed by atoms with Gasteiger partial charge in [-0.25, -0.2) is 8.42 Å². The van der Waals surface area contributed by atoms with Gasteiger partial charge in [0.05, 0.1) is 24.0 Å². The van der Waals surface area contributed by atoms with Gasteiger partial charge < -0.3 is 15.0 Å². The molecule has 10 nitrogen and oxygen atoms in total. The lowest BCUT2D eigenvalue weighted by molar-refractivity contribution is -0.121. The zero-order valence-electron chi connectivity index (χ0n) is 19.5. The number of methoxy groups -OCH3 is 1. The predicted molar refractivity (Wildman–Crippen MR) is 130 cm³/mol. The van der Waals surface area contributed by atoms with Crippen LogP contribution < -0.4 is 15.0 Å². The number of imide groups is 1. The Balaban J connectivity index is 1.19. The summed E-state index contributed by atoms with van der Waals surface area (Å²) < 4.78 is 32.1. The quantitative estimate of drug-likeness (QED) is 0.403. The summed E-state index contributed by atoms with van der Waals surface area (Å²) in [4.78, 5) is 40.0. The van der Waals surface area contributed by atoms with Gasteiger partial charge >= 0.3 is 0 Å². The van der Waals surface area contributed by atoms with E-state index in [2.05, 4.69) is 10.2 Å². The Morgan fingerprint density at radius 3 is 2.11 bits per heavy atom. The molecule has 2 aliphatic rings. The molecule has 0 unspecified atom stereocenters. The average molecular weight is 501 g/mol. The molecule has 1 saturated heterocycles. The van der Waals surface area contributed by atoms with Gasteiger partial charge in [0.15, 0.2) is 0 Å². The minimum atomic E-state index is -3.46. The van der Waals surface area contributed by atoms with Crippen molar-refractivity contribution in [2.45, 2.75) is 6.42 Å². The second-order valence-corrected chi connectivity index (χ2v) is 10.4. The molecule has 0 spiro atoms. The molecule has 0 saturated carbocycles. The minimum absolute atomic E-state index is 0.0944. The van der Waals surface area contributed by atoms with Crippen LogP contribution in [0.15, 0.2) is 48.5 Å². The third kappa shape index (κ3) is 5.46. The summed E-state index contributed by atoms with van der Waals surface area (Å²) in [6, 6.07) is 14.1. The summed E-state index contributed by atoms with van der Waals surface area (Å²) in [5.41, 5.74) is 1.58. The molecule has 3 amide bonds. The first-order valence-electron chi connectivity index (χ1n) is 11.4. The molecular formula is C24H28N4O6S. The van der Waals surface area contributed by atoms with Crippen LogP contribution >= 0.6 is 0 Å². The van der Waals surface area contributed by atoms with Crippen molar-refractivity contribution in [3.8, 4) is 5.75 Å². The highest BCUT2D eigenvalue weighted by molar-refractivity contribution is 7.89. The number of nitrogens with zero attached hydrogens (tertiary/aromatic N) is 3. The monoisotopic (exact) mass is 500 g/mol. The van der Waals surface area contributed by atoms with E-state index in [1.807, 2.05) is 24.3 Å². The molecule has 11 heteroatoms. The van der Waals surface area contributed by atoms with Gasteiger partial charge in [-0.3, -0.25) is 19.3 Å². The van der Waals surface area contributed by atoms with Crippen LogP contribution in [0.25, 0.3) is 0 Å². The maximum atomic E-state index is 12.7. The van der Waals surface area contributed by atoms with Crippen molar-refractivity contribution in [2.75, 3.05) is 57.0 Å². The maximum absolute atomic E-state index is 12.7. The number of anilines is 1. The minimum Gasteiger partial charge on any atom is -0.497 e. The number of rotatable bonds is 9. The van der Waals surface area contributed by atoms with E-state index < -0.39 is 34.3 Å². The Labute approximate surface area is 204 Å². The molecule has 0 atom stereocenters. The number of piperazine rings is 1. The maximum Gasteiger partial charge on any atom is 0.262 e. The van der Waals surface area contributed by atoms with Gasteiger partial charge in [-0.1, -0.05) is 12.1 Å². The smallest absolute Gasteiger partial charge is 0.262 e. The van der Waals surface area contributed by atoms with E-state index in [0.29, 0.717) is 26.2 Å². The Morgan fingerprint density at radius 1 is 0.943 bits per heavy atom. The molecule has 2 aromatic carbocycles. The third-order valence-corrected chi connectivity index (χ3v) is 8.11. The zero-order valence-corrected chi connectivity index (χ0v) is 20.3. The molecule has 0 aliphatic carbocycles. The first-order valence-corrected chi connectivity index (χ1v) is 13.0. The summed E-state index contributed by atoms with van der Waals surface area (Å²) in [5, 5.41) is 2.60. The van der Waals surface area contributed by atoms with Crippen LogP contribution in [0.3, 0.4) is 0 Å². The summed E-state index contributed by atoms with van der Waals surface area (Å²) in [6.07, 6.45) is 0.231. The molecule has 186 valence electrons. The average Bonchev–Trinajstić information content (AvgIpc) is 3.12. The first-order chi connectivity index (χ1) is 16.8. The largest absolute Gasteiger partial charge is 0.497 e. The molecule has 35 heavy (non-hydrogen) atoms. The van der Waals surface area contributed by atoms with Crippen molar-refractivity contribution < 1.29 is 27.5 Å². The van der Waals surface area contributed by atoms with E-state index in [0.717, 1.165) is 16.3 Å². The summed E-state index contributed by atoms with van der Waals surface area (Å²) in [5.74, 6) is -0.840. The van der Waals surface area contributed by atoms with Gasteiger partial charge in [0.1, 0.15) is 12.3 Å². The molecule has 0 aromatic heterocycles. The van der Waals surface area contributed by atoms with E-state index in [1.54, 1.807) is 31.4 Å². The summed E-state index contributed by atoms with van der Waals surface area (Å²) in [7, 11) is -1.85. The van der Waals surface area contributed by atoms with E-state index in [-0.39, 0.29) is 29.8 Å².